The van der Waals surface area contributed by atoms with Crippen molar-refractivity contribution in [1.29, 1.82) is 0 Å². The summed E-state index contributed by atoms with van der Waals surface area (Å²) < 4.78 is 0. The van der Waals surface area contributed by atoms with Crippen molar-refractivity contribution in [3.63, 3.8) is 0 Å². The number of hydrogen-bond acceptors (Lipinski definition) is 2. The molecule has 2 aliphatic rings. The van der Waals surface area contributed by atoms with Crippen molar-refractivity contribution in [2.45, 2.75) is 19.3 Å². The first kappa shape index (κ1) is 18.7. The number of rotatable bonds is 6. The van der Waals surface area contributed by atoms with Crippen molar-refractivity contribution in [3.05, 3.63) is 84.9 Å². The molecule has 0 amide bonds. The molecule has 0 heterocycles. The maximum Gasteiger partial charge on any atom is 0.0419 e. The van der Waals surface area contributed by atoms with Crippen LogP contribution in [0.4, 0.5) is 11.4 Å². The lowest BCUT2D eigenvalue weighted by molar-refractivity contribution is 0.275. The van der Waals surface area contributed by atoms with E-state index in [2.05, 4.69) is 95.6 Å². The largest absolute Gasteiger partial charge is 0.384 e. The Balaban J connectivity index is 1.07. The van der Waals surface area contributed by atoms with Gasteiger partial charge in [0.05, 0.1) is 0 Å². The molecule has 2 bridgehead atoms. The van der Waals surface area contributed by atoms with Crippen molar-refractivity contribution in [2.24, 2.45) is 23.7 Å². The zero-order chi connectivity index (χ0) is 20.6. The second-order valence-electron chi connectivity index (χ2n) is 9.56. The molecule has 0 aliphatic heterocycles. The van der Waals surface area contributed by atoms with Crippen molar-refractivity contribution in [3.8, 4) is 0 Å². The summed E-state index contributed by atoms with van der Waals surface area (Å²) >= 11 is 0. The molecule has 2 nitrogen and oxygen atoms in total. The van der Waals surface area contributed by atoms with Gasteiger partial charge in [0.25, 0.3) is 0 Å². The third kappa shape index (κ3) is 3.54. The van der Waals surface area contributed by atoms with Gasteiger partial charge in [-0.2, -0.15) is 0 Å². The van der Waals surface area contributed by atoms with Gasteiger partial charge in [0, 0.05) is 35.2 Å². The maximum absolute atomic E-state index is 3.79. The fourth-order valence-electron chi connectivity index (χ4n) is 6.25. The number of hydrogen-bond donors (Lipinski definition) is 2. The molecule has 4 aromatic carbocycles. The van der Waals surface area contributed by atoms with Gasteiger partial charge in [0.1, 0.15) is 0 Å². The molecule has 4 aromatic rings. The average molecular weight is 407 g/mol. The molecular formula is C29H30N2. The van der Waals surface area contributed by atoms with Crippen LogP contribution in [0.5, 0.6) is 0 Å². The molecule has 0 spiro atoms. The Morgan fingerprint density at radius 2 is 0.968 bits per heavy atom. The Kier molecular flexibility index (Phi) is 4.79. The van der Waals surface area contributed by atoms with E-state index in [1.807, 2.05) is 0 Å². The highest BCUT2D eigenvalue weighted by molar-refractivity contribution is 5.94. The van der Waals surface area contributed by atoms with Crippen LogP contribution in [0.2, 0.25) is 0 Å². The van der Waals surface area contributed by atoms with Gasteiger partial charge in [0.2, 0.25) is 0 Å². The summed E-state index contributed by atoms with van der Waals surface area (Å²) in [6.45, 7) is 2.22. The van der Waals surface area contributed by atoms with E-state index >= 15 is 0 Å². The molecule has 6 rings (SSSR count). The predicted molar refractivity (Wildman–Crippen MR) is 133 cm³/mol. The monoisotopic (exact) mass is 406 g/mol. The van der Waals surface area contributed by atoms with E-state index in [9.17, 15) is 0 Å². The van der Waals surface area contributed by atoms with E-state index in [4.69, 9.17) is 0 Å². The molecule has 0 saturated heterocycles. The van der Waals surface area contributed by atoms with Gasteiger partial charge in [-0.3, -0.25) is 0 Å². The molecule has 0 aromatic heterocycles. The molecule has 31 heavy (non-hydrogen) atoms. The minimum atomic E-state index is 0.817. The Morgan fingerprint density at radius 3 is 1.45 bits per heavy atom. The van der Waals surface area contributed by atoms with Gasteiger partial charge >= 0.3 is 0 Å². The van der Waals surface area contributed by atoms with Crippen LogP contribution in [-0.4, -0.2) is 13.1 Å². The Morgan fingerprint density at radius 1 is 0.516 bits per heavy atom. The van der Waals surface area contributed by atoms with Gasteiger partial charge in [-0.1, -0.05) is 72.8 Å². The average Bonchev–Trinajstić information content (AvgIpc) is 3.42. The number of fused-ring (bicyclic) bond motifs is 4. The van der Waals surface area contributed by atoms with E-state index in [1.54, 1.807) is 0 Å². The number of nitrogens with one attached hydrogen (secondary N) is 2. The van der Waals surface area contributed by atoms with Crippen LogP contribution in [0, 0.1) is 23.7 Å². The van der Waals surface area contributed by atoms with E-state index < -0.39 is 0 Å². The third-order valence-electron chi connectivity index (χ3n) is 7.84. The summed E-state index contributed by atoms with van der Waals surface area (Å²) in [5.74, 6) is 3.40. The SMILES string of the molecule is c1ccc2c(NCC3CC4CC3CC4CNc3cccc4ccccc34)cccc2c1. The summed E-state index contributed by atoms with van der Waals surface area (Å²) in [5.41, 5.74) is 2.57. The Labute approximate surface area is 184 Å². The van der Waals surface area contributed by atoms with Gasteiger partial charge in [-0.15, -0.1) is 0 Å². The van der Waals surface area contributed by atoms with Crippen molar-refractivity contribution in [2.75, 3.05) is 23.7 Å². The number of anilines is 2. The third-order valence-corrected chi connectivity index (χ3v) is 7.84. The molecule has 2 heteroatoms. The molecule has 2 fully saturated rings. The van der Waals surface area contributed by atoms with Crippen molar-refractivity contribution < 1.29 is 0 Å². The zero-order valence-corrected chi connectivity index (χ0v) is 17.9. The van der Waals surface area contributed by atoms with Gasteiger partial charge in [-0.05, 0) is 65.8 Å². The van der Waals surface area contributed by atoms with Crippen molar-refractivity contribution >= 4 is 32.9 Å². The Hall–Kier alpha value is -3.00. The summed E-state index contributed by atoms with van der Waals surface area (Å²) in [6, 6.07) is 30.6. The summed E-state index contributed by atoms with van der Waals surface area (Å²) in [5, 5.41) is 12.9. The fraction of sp³-hybridized carbons (Fsp3) is 0.310. The van der Waals surface area contributed by atoms with Gasteiger partial charge in [-0.25, -0.2) is 0 Å². The molecule has 4 unspecified atom stereocenters. The topological polar surface area (TPSA) is 24.1 Å². The second-order valence-corrected chi connectivity index (χ2v) is 9.56. The first-order valence-electron chi connectivity index (χ1n) is 11.8. The van der Waals surface area contributed by atoms with Crippen molar-refractivity contribution in [1.82, 2.24) is 0 Å². The molecule has 2 aliphatic carbocycles. The smallest absolute Gasteiger partial charge is 0.0419 e. The van der Waals surface area contributed by atoms with E-state index in [-0.39, 0.29) is 0 Å². The van der Waals surface area contributed by atoms with Gasteiger partial charge in [0.15, 0.2) is 0 Å². The first-order valence-corrected chi connectivity index (χ1v) is 11.8. The van der Waals surface area contributed by atoms with Crippen LogP contribution in [0.3, 0.4) is 0 Å². The molecule has 156 valence electrons. The highest BCUT2D eigenvalue weighted by Gasteiger charge is 2.45. The normalized spacial score (nSPS) is 24.6. The minimum absolute atomic E-state index is 0.817. The number of benzene rings is 4. The van der Waals surface area contributed by atoms with Crippen LogP contribution in [-0.2, 0) is 0 Å². The van der Waals surface area contributed by atoms with E-state index in [1.165, 1.54) is 52.2 Å². The summed E-state index contributed by atoms with van der Waals surface area (Å²) in [4.78, 5) is 0. The fourth-order valence-corrected chi connectivity index (χ4v) is 6.25. The first-order chi connectivity index (χ1) is 15.3. The minimum Gasteiger partial charge on any atom is -0.384 e. The molecular weight excluding hydrogens is 376 g/mol. The quantitative estimate of drug-likeness (QED) is 0.354. The highest BCUT2D eigenvalue weighted by Crippen LogP contribution is 2.51. The van der Waals surface area contributed by atoms with Crippen LogP contribution >= 0.6 is 0 Å². The van der Waals surface area contributed by atoms with Gasteiger partial charge < -0.3 is 10.6 Å². The van der Waals surface area contributed by atoms with Crippen LogP contribution in [0.25, 0.3) is 21.5 Å². The zero-order valence-electron chi connectivity index (χ0n) is 17.9. The summed E-state index contributed by atoms with van der Waals surface area (Å²) in [7, 11) is 0. The Bertz CT molecular complexity index is 1110. The summed E-state index contributed by atoms with van der Waals surface area (Å²) in [6.07, 6.45) is 4.18. The maximum atomic E-state index is 3.79. The standard InChI is InChI=1S/C29H30N2/c1-3-11-26-20(7-1)9-5-13-28(26)30-18-24-16-23-15-22(24)17-25(23)19-31-29-14-6-10-21-8-2-4-12-27(21)29/h1-14,22-25,30-31H,15-19H2. The predicted octanol–water partition coefficient (Wildman–Crippen LogP) is 7.18. The van der Waals surface area contributed by atoms with Crippen LogP contribution in [0.15, 0.2) is 84.9 Å². The highest BCUT2D eigenvalue weighted by atomic mass is 14.9. The second kappa shape index (κ2) is 7.92. The van der Waals surface area contributed by atoms with Crippen LogP contribution in [0.1, 0.15) is 19.3 Å². The van der Waals surface area contributed by atoms with Crippen LogP contribution < -0.4 is 10.6 Å². The molecule has 2 saturated carbocycles. The van der Waals surface area contributed by atoms with E-state index in [0.717, 1.165) is 36.8 Å². The lowest BCUT2D eigenvalue weighted by atomic mass is 9.82. The molecule has 4 atom stereocenters. The lowest BCUT2D eigenvalue weighted by Gasteiger charge is -2.29. The van der Waals surface area contributed by atoms with E-state index in [0.29, 0.717) is 0 Å². The molecule has 0 radical (unpaired) electrons. The molecule has 2 N–H and O–H groups in total. The lowest BCUT2D eigenvalue weighted by Crippen LogP contribution is -2.27.